The summed E-state index contributed by atoms with van der Waals surface area (Å²) < 4.78 is 18.0. The molecule has 1 saturated carbocycles. The molecule has 1 unspecified atom stereocenters. The molecule has 1 saturated heterocycles. The predicted molar refractivity (Wildman–Crippen MR) is 121 cm³/mol. The SMILES string of the molecule is CC1CN(C(=O)OC(C)(C)C)CCN1c1nc2cc(Cl)cc(OC3CCCCC3)c2o1. The highest BCUT2D eigenvalue weighted by Crippen LogP contribution is 2.36. The fourth-order valence-electron chi connectivity index (χ4n) is 4.26. The number of nitrogens with zero attached hydrogens (tertiary/aromatic N) is 3. The van der Waals surface area contributed by atoms with Crippen molar-refractivity contribution in [1.82, 2.24) is 9.88 Å². The number of halogens is 1. The van der Waals surface area contributed by atoms with Gasteiger partial charge in [-0.25, -0.2) is 4.79 Å². The Balaban J connectivity index is 1.51. The third-order valence-corrected chi connectivity index (χ3v) is 6.00. The number of carbonyl (C=O) groups is 1. The average Bonchev–Trinajstić information content (AvgIpc) is 3.11. The maximum absolute atomic E-state index is 12.4. The molecule has 0 bridgehead atoms. The minimum absolute atomic E-state index is 0.0347. The largest absolute Gasteiger partial charge is 0.486 e. The number of piperazine rings is 1. The van der Waals surface area contributed by atoms with E-state index in [2.05, 4.69) is 11.8 Å². The van der Waals surface area contributed by atoms with E-state index < -0.39 is 5.60 Å². The number of hydrogen-bond donors (Lipinski definition) is 0. The van der Waals surface area contributed by atoms with Gasteiger partial charge in [0.2, 0.25) is 0 Å². The molecule has 0 N–H and O–H groups in total. The van der Waals surface area contributed by atoms with Crippen molar-refractivity contribution < 1.29 is 18.7 Å². The van der Waals surface area contributed by atoms with Crippen LogP contribution in [0.1, 0.15) is 59.8 Å². The normalized spacial score (nSPS) is 20.9. The average molecular weight is 450 g/mol. The zero-order chi connectivity index (χ0) is 22.2. The third-order valence-electron chi connectivity index (χ3n) is 5.78. The molecule has 1 aliphatic heterocycles. The number of amides is 1. The third kappa shape index (κ3) is 5.20. The van der Waals surface area contributed by atoms with Crippen molar-refractivity contribution in [3.8, 4) is 5.75 Å². The van der Waals surface area contributed by atoms with E-state index in [4.69, 9.17) is 30.5 Å². The molecular formula is C23H32ClN3O4. The van der Waals surface area contributed by atoms with Crippen molar-refractivity contribution in [2.24, 2.45) is 0 Å². The Morgan fingerprint density at radius 3 is 2.61 bits per heavy atom. The summed E-state index contributed by atoms with van der Waals surface area (Å²) in [6.07, 6.45) is 5.67. The monoisotopic (exact) mass is 449 g/mol. The van der Waals surface area contributed by atoms with Crippen LogP contribution in [0.4, 0.5) is 10.8 Å². The van der Waals surface area contributed by atoms with Gasteiger partial charge in [-0.3, -0.25) is 0 Å². The smallest absolute Gasteiger partial charge is 0.410 e. The molecule has 2 fully saturated rings. The second-order valence-corrected chi connectivity index (χ2v) is 10.0. The number of ether oxygens (including phenoxy) is 2. The molecule has 1 aromatic carbocycles. The van der Waals surface area contributed by atoms with E-state index in [-0.39, 0.29) is 18.2 Å². The first-order valence-electron chi connectivity index (χ1n) is 11.2. The lowest BCUT2D eigenvalue weighted by Gasteiger charge is -2.39. The number of anilines is 1. The highest BCUT2D eigenvalue weighted by molar-refractivity contribution is 6.31. The molecular weight excluding hydrogens is 418 g/mol. The summed E-state index contributed by atoms with van der Waals surface area (Å²) in [5.41, 5.74) is 0.813. The molecule has 0 spiro atoms. The Bertz CT molecular complexity index is 933. The number of aromatic nitrogens is 1. The Hall–Kier alpha value is -2.15. The van der Waals surface area contributed by atoms with E-state index in [0.29, 0.717) is 47.5 Å². The van der Waals surface area contributed by atoms with Crippen molar-refractivity contribution in [2.75, 3.05) is 24.5 Å². The Morgan fingerprint density at radius 2 is 1.94 bits per heavy atom. The van der Waals surface area contributed by atoms with Crippen LogP contribution < -0.4 is 9.64 Å². The Labute approximate surface area is 188 Å². The highest BCUT2D eigenvalue weighted by atomic mass is 35.5. The van der Waals surface area contributed by atoms with Gasteiger partial charge in [0.15, 0.2) is 11.3 Å². The van der Waals surface area contributed by atoms with Crippen LogP contribution in [-0.2, 0) is 4.74 Å². The van der Waals surface area contributed by atoms with E-state index in [0.717, 1.165) is 12.8 Å². The molecule has 1 amide bonds. The van der Waals surface area contributed by atoms with Gasteiger partial charge in [-0.2, -0.15) is 4.98 Å². The van der Waals surface area contributed by atoms with Gasteiger partial charge in [0, 0.05) is 36.8 Å². The van der Waals surface area contributed by atoms with Gasteiger partial charge in [0.05, 0.1) is 6.10 Å². The van der Waals surface area contributed by atoms with Gasteiger partial charge in [-0.1, -0.05) is 18.0 Å². The van der Waals surface area contributed by atoms with E-state index in [1.54, 1.807) is 11.0 Å². The van der Waals surface area contributed by atoms with Crippen LogP contribution >= 0.6 is 11.6 Å². The minimum Gasteiger partial charge on any atom is -0.486 e. The zero-order valence-electron chi connectivity index (χ0n) is 18.8. The van der Waals surface area contributed by atoms with Gasteiger partial charge in [0.1, 0.15) is 11.1 Å². The number of rotatable bonds is 3. The number of oxazole rings is 1. The summed E-state index contributed by atoms with van der Waals surface area (Å²) >= 11 is 6.34. The maximum atomic E-state index is 12.4. The molecule has 2 aliphatic rings. The van der Waals surface area contributed by atoms with E-state index in [9.17, 15) is 4.79 Å². The molecule has 8 heteroatoms. The van der Waals surface area contributed by atoms with Crippen LogP contribution in [0, 0.1) is 0 Å². The van der Waals surface area contributed by atoms with Crippen LogP contribution in [0.5, 0.6) is 5.75 Å². The van der Waals surface area contributed by atoms with Gasteiger partial charge in [-0.05, 0) is 59.4 Å². The molecule has 1 aromatic heterocycles. The van der Waals surface area contributed by atoms with Crippen molar-refractivity contribution >= 4 is 34.8 Å². The topological polar surface area (TPSA) is 68.0 Å². The molecule has 2 aromatic rings. The van der Waals surface area contributed by atoms with Gasteiger partial charge in [-0.15, -0.1) is 0 Å². The lowest BCUT2D eigenvalue weighted by Crippen LogP contribution is -2.54. The zero-order valence-corrected chi connectivity index (χ0v) is 19.6. The lowest BCUT2D eigenvalue weighted by atomic mass is 9.98. The highest BCUT2D eigenvalue weighted by Gasteiger charge is 2.32. The standard InChI is InChI=1S/C23H32ClN3O4/c1-15-14-26(22(28)31-23(2,3)4)10-11-27(15)21-25-18-12-16(24)13-19(20(18)30-21)29-17-8-6-5-7-9-17/h12-13,15,17H,5-11,14H2,1-4H3. The number of fused-ring (bicyclic) bond motifs is 1. The summed E-state index contributed by atoms with van der Waals surface area (Å²) in [5, 5.41) is 0.584. The first-order chi connectivity index (χ1) is 14.7. The molecule has 1 aliphatic carbocycles. The summed E-state index contributed by atoms with van der Waals surface area (Å²) in [7, 11) is 0. The van der Waals surface area contributed by atoms with Gasteiger partial charge in [0.25, 0.3) is 6.01 Å². The summed E-state index contributed by atoms with van der Waals surface area (Å²) in [5.74, 6) is 0.660. The van der Waals surface area contributed by atoms with Crippen molar-refractivity contribution in [2.45, 2.75) is 77.5 Å². The number of hydrogen-bond acceptors (Lipinski definition) is 6. The number of carbonyl (C=O) groups excluding carboxylic acids is 1. The first-order valence-corrected chi connectivity index (χ1v) is 11.6. The predicted octanol–water partition coefficient (Wildman–Crippen LogP) is 5.64. The Morgan fingerprint density at radius 1 is 1.19 bits per heavy atom. The summed E-state index contributed by atoms with van der Waals surface area (Å²) in [6.45, 7) is 9.38. The Kier molecular flexibility index (Phi) is 6.24. The fourth-order valence-corrected chi connectivity index (χ4v) is 4.47. The molecule has 0 radical (unpaired) electrons. The van der Waals surface area contributed by atoms with Crippen LogP contribution in [0.3, 0.4) is 0 Å². The fraction of sp³-hybridized carbons (Fsp3) is 0.652. The van der Waals surface area contributed by atoms with Crippen molar-refractivity contribution in [3.63, 3.8) is 0 Å². The molecule has 170 valence electrons. The minimum atomic E-state index is -0.508. The lowest BCUT2D eigenvalue weighted by molar-refractivity contribution is 0.0216. The van der Waals surface area contributed by atoms with Crippen LogP contribution in [0.15, 0.2) is 16.5 Å². The quantitative estimate of drug-likeness (QED) is 0.604. The second-order valence-electron chi connectivity index (χ2n) is 9.60. The molecule has 2 heterocycles. The van der Waals surface area contributed by atoms with E-state index in [1.165, 1.54) is 19.3 Å². The van der Waals surface area contributed by atoms with Crippen LogP contribution in [0.2, 0.25) is 5.02 Å². The van der Waals surface area contributed by atoms with E-state index in [1.807, 2.05) is 26.8 Å². The summed E-state index contributed by atoms with van der Waals surface area (Å²) in [6, 6.07) is 4.19. The van der Waals surface area contributed by atoms with Crippen LogP contribution in [0.25, 0.3) is 11.1 Å². The molecule has 4 rings (SSSR count). The summed E-state index contributed by atoms with van der Waals surface area (Å²) in [4.78, 5) is 20.9. The van der Waals surface area contributed by atoms with Gasteiger partial charge >= 0.3 is 6.09 Å². The molecule has 31 heavy (non-hydrogen) atoms. The van der Waals surface area contributed by atoms with Crippen molar-refractivity contribution in [3.05, 3.63) is 17.2 Å². The van der Waals surface area contributed by atoms with Crippen LogP contribution in [-0.4, -0.2) is 53.4 Å². The maximum Gasteiger partial charge on any atom is 0.410 e. The van der Waals surface area contributed by atoms with E-state index >= 15 is 0 Å². The molecule has 1 atom stereocenters. The van der Waals surface area contributed by atoms with Crippen molar-refractivity contribution in [1.29, 1.82) is 0 Å². The second kappa shape index (κ2) is 8.77. The first kappa shape index (κ1) is 22.1. The molecule has 7 nitrogen and oxygen atoms in total. The van der Waals surface area contributed by atoms with Gasteiger partial charge < -0.3 is 23.7 Å². The number of benzene rings is 1.